The number of urea groups is 2. The molecule has 1 aliphatic carbocycles. The average Bonchev–Trinajstić information content (AvgIpc) is 2.66. The van der Waals surface area contributed by atoms with Gasteiger partial charge in [-0.15, -0.1) is 0 Å². The molecule has 6 amide bonds. The van der Waals surface area contributed by atoms with E-state index in [-0.39, 0.29) is 17.9 Å². The maximum Gasteiger partial charge on any atom is 0.325 e. The summed E-state index contributed by atoms with van der Waals surface area (Å²) >= 11 is 0. The Morgan fingerprint density at radius 2 is 2.04 bits per heavy atom. The number of carbonyl (C=O) groups excluding carboxylic acids is 4. The SMILES string of the molecule is CC(C)NC(=O)NC(=O)CN1C(=O)NC2(CCCCC2C)C1=O. The number of nitrogens with one attached hydrogen (secondary N) is 3. The monoisotopic (exact) mass is 324 g/mol. The number of rotatable bonds is 3. The molecule has 1 aliphatic heterocycles. The van der Waals surface area contributed by atoms with Crippen LogP contribution >= 0.6 is 0 Å². The molecule has 0 radical (unpaired) electrons. The molecule has 8 nitrogen and oxygen atoms in total. The number of hydrogen-bond acceptors (Lipinski definition) is 4. The molecule has 2 fully saturated rings. The highest BCUT2D eigenvalue weighted by Crippen LogP contribution is 2.38. The van der Waals surface area contributed by atoms with E-state index in [1.165, 1.54) is 0 Å². The van der Waals surface area contributed by atoms with Crippen molar-refractivity contribution in [1.82, 2.24) is 20.9 Å². The molecule has 128 valence electrons. The molecule has 1 spiro atoms. The highest BCUT2D eigenvalue weighted by molar-refractivity contribution is 6.10. The molecule has 1 saturated heterocycles. The van der Waals surface area contributed by atoms with Crippen molar-refractivity contribution >= 4 is 23.9 Å². The molecular formula is C15H24N4O4. The number of imide groups is 2. The summed E-state index contributed by atoms with van der Waals surface area (Å²) in [6, 6.07) is -1.33. The van der Waals surface area contributed by atoms with Gasteiger partial charge >= 0.3 is 12.1 Å². The Hall–Kier alpha value is -2.12. The van der Waals surface area contributed by atoms with Gasteiger partial charge in [0.1, 0.15) is 12.1 Å². The minimum Gasteiger partial charge on any atom is -0.336 e. The van der Waals surface area contributed by atoms with Crippen LogP contribution < -0.4 is 16.0 Å². The molecule has 2 unspecified atom stereocenters. The molecule has 3 N–H and O–H groups in total. The number of nitrogens with zero attached hydrogens (tertiary/aromatic N) is 1. The second-order valence-corrected chi connectivity index (χ2v) is 6.62. The lowest BCUT2D eigenvalue weighted by molar-refractivity contribution is -0.137. The van der Waals surface area contributed by atoms with Gasteiger partial charge in [0.15, 0.2) is 0 Å². The van der Waals surface area contributed by atoms with Gasteiger partial charge in [-0.25, -0.2) is 9.59 Å². The van der Waals surface area contributed by atoms with E-state index in [1.807, 2.05) is 6.92 Å². The maximum atomic E-state index is 12.7. The van der Waals surface area contributed by atoms with Crippen molar-refractivity contribution in [3.05, 3.63) is 0 Å². The Bertz CT molecular complexity index is 534. The Labute approximate surface area is 135 Å². The minimum absolute atomic E-state index is 0.0324. The summed E-state index contributed by atoms with van der Waals surface area (Å²) < 4.78 is 0. The fraction of sp³-hybridized carbons (Fsp3) is 0.733. The molecular weight excluding hydrogens is 300 g/mol. The van der Waals surface area contributed by atoms with Gasteiger partial charge in [0, 0.05) is 6.04 Å². The van der Waals surface area contributed by atoms with Crippen molar-refractivity contribution in [2.75, 3.05) is 6.54 Å². The van der Waals surface area contributed by atoms with E-state index in [1.54, 1.807) is 13.8 Å². The zero-order valence-corrected chi connectivity index (χ0v) is 13.8. The smallest absolute Gasteiger partial charge is 0.325 e. The normalized spacial score (nSPS) is 27.3. The van der Waals surface area contributed by atoms with Crippen LogP contribution in [0.2, 0.25) is 0 Å². The molecule has 0 aromatic carbocycles. The van der Waals surface area contributed by atoms with Gasteiger partial charge in [0.05, 0.1) is 0 Å². The Kier molecular flexibility index (Phi) is 4.91. The largest absolute Gasteiger partial charge is 0.336 e. The van der Waals surface area contributed by atoms with E-state index in [2.05, 4.69) is 16.0 Å². The highest BCUT2D eigenvalue weighted by Gasteiger charge is 2.55. The van der Waals surface area contributed by atoms with Crippen molar-refractivity contribution in [3.8, 4) is 0 Å². The van der Waals surface area contributed by atoms with Crippen LogP contribution in [0.1, 0.15) is 46.5 Å². The van der Waals surface area contributed by atoms with Crippen LogP contribution in [0.3, 0.4) is 0 Å². The second kappa shape index (κ2) is 6.55. The predicted octanol–water partition coefficient (Wildman–Crippen LogP) is 0.721. The van der Waals surface area contributed by atoms with Crippen molar-refractivity contribution in [2.24, 2.45) is 5.92 Å². The van der Waals surface area contributed by atoms with Gasteiger partial charge < -0.3 is 10.6 Å². The van der Waals surface area contributed by atoms with Crippen LogP contribution in [0.25, 0.3) is 0 Å². The fourth-order valence-electron chi connectivity index (χ4n) is 3.25. The second-order valence-electron chi connectivity index (χ2n) is 6.62. The third-order valence-electron chi connectivity index (χ3n) is 4.48. The third kappa shape index (κ3) is 3.46. The third-order valence-corrected chi connectivity index (χ3v) is 4.48. The van der Waals surface area contributed by atoms with E-state index in [9.17, 15) is 19.2 Å². The van der Waals surface area contributed by atoms with Crippen LogP contribution in [-0.4, -0.2) is 46.9 Å². The number of carbonyl (C=O) groups is 4. The van der Waals surface area contributed by atoms with Crippen LogP contribution in [0.4, 0.5) is 9.59 Å². The Morgan fingerprint density at radius 1 is 1.35 bits per heavy atom. The van der Waals surface area contributed by atoms with E-state index in [4.69, 9.17) is 0 Å². The molecule has 23 heavy (non-hydrogen) atoms. The van der Waals surface area contributed by atoms with Gasteiger partial charge in [-0.05, 0) is 32.6 Å². The van der Waals surface area contributed by atoms with Crippen LogP contribution in [0, 0.1) is 5.92 Å². The zero-order valence-electron chi connectivity index (χ0n) is 13.8. The van der Waals surface area contributed by atoms with E-state index in [0.29, 0.717) is 6.42 Å². The van der Waals surface area contributed by atoms with Crippen LogP contribution in [0.5, 0.6) is 0 Å². The van der Waals surface area contributed by atoms with Crippen molar-refractivity contribution < 1.29 is 19.2 Å². The molecule has 1 saturated carbocycles. The summed E-state index contributed by atoms with van der Waals surface area (Å²) in [6.45, 7) is 5.01. The standard InChI is InChI=1S/C15H24N4O4/c1-9(2)16-13(22)17-11(20)8-19-12(21)15(18-14(19)23)7-5-4-6-10(15)3/h9-10H,4-8H2,1-3H3,(H,18,23)(H2,16,17,20,22). The molecule has 8 heteroatoms. The molecule has 0 aromatic rings. The van der Waals surface area contributed by atoms with Gasteiger partial charge in [-0.3, -0.25) is 19.8 Å². The number of amides is 6. The van der Waals surface area contributed by atoms with Crippen molar-refractivity contribution in [3.63, 3.8) is 0 Å². The maximum absolute atomic E-state index is 12.7. The van der Waals surface area contributed by atoms with Crippen molar-refractivity contribution in [2.45, 2.75) is 58.0 Å². The first kappa shape index (κ1) is 17.2. The minimum atomic E-state index is -0.893. The van der Waals surface area contributed by atoms with Gasteiger partial charge in [-0.2, -0.15) is 0 Å². The summed E-state index contributed by atoms with van der Waals surface area (Å²) in [5.41, 5.74) is -0.893. The molecule has 0 bridgehead atoms. The van der Waals surface area contributed by atoms with Crippen LogP contribution in [-0.2, 0) is 9.59 Å². The summed E-state index contributed by atoms with van der Waals surface area (Å²) in [5, 5.41) is 7.40. The van der Waals surface area contributed by atoms with Gasteiger partial charge in [0.2, 0.25) is 5.91 Å². The lowest BCUT2D eigenvalue weighted by atomic mass is 9.73. The molecule has 2 aliphatic rings. The Morgan fingerprint density at radius 3 is 2.65 bits per heavy atom. The first-order chi connectivity index (χ1) is 10.8. The lowest BCUT2D eigenvalue weighted by Gasteiger charge is -2.36. The predicted molar refractivity (Wildman–Crippen MR) is 82.4 cm³/mol. The van der Waals surface area contributed by atoms with E-state index < -0.39 is 30.1 Å². The topological polar surface area (TPSA) is 108 Å². The lowest BCUT2D eigenvalue weighted by Crippen LogP contribution is -2.54. The van der Waals surface area contributed by atoms with E-state index in [0.717, 1.165) is 24.2 Å². The summed E-state index contributed by atoms with van der Waals surface area (Å²) in [5.74, 6) is -1.02. The first-order valence-electron chi connectivity index (χ1n) is 8.00. The molecule has 2 rings (SSSR count). The first-order valence-corrected chi connectivity index (χ1v) is 8.00. The molecule has 0 aromatic heterocycles. The summed E-state index contributed by atoms with van der Waals surface area (Å²) in [4.78, 5) is 49.1. The average molecular weight is 324 g/mol. The highest BCUT2D eigenvalue weighted by atomic mass is 16.2. The van der Waals surface area contributed by atoms with Gasteiger partial charge in [0.25, 0.3) is 5.91 Å². The van der Waals surface area contributed by atoms with Gasteiger partial charge in [-0.1, -0.05) is 19.8 Å². The fourth-order valence-corrected chi connectivity index (χ4v) is 3.25. The summed E-state index contributed by atoms with van der Waals surface area (Å²) in [7, 11) is 0. The van der Waals surface area contributed by atoms with Crippen LogP contribution in [0.15, 0.2) is 0 Å². The van der Waals surface area contributed by atoms with Crippen molar-refractivity contribution in [1.29, 1.82) is 0 Å². The van der Waals surface area contributed by atoms with E-state index >= 15 is 0 Å². The summed E-state index contributed by atoms with van der Waals surface area (Å²) in [6.07, 6.45) is 3.35. The number of hydrogen-bond donors (Lipinski definition) is 3. The quantitative estimate of drug-likeness (QED) is 0.665. The molecule has 1 heterocycles. The zero-order chi connectivity index (χ0) is 17.2. The Balaban J connectivity index is 2.00. The molecule has 2 atom stereocenters.